The van der Waals surface area contributed by atoms with Crippen molar-refractivity contribution in [3.05, 3.63) is 156 Å². The Balaban J connectivity index is 0.837. The lowest BCUT2D eigenvalue weighted by molar-refractivity contribution is 0.0910. The number of carbonyl (C=O) groups is 4. The third kappa shape index (κ3) is 4.83. The van der Waals surface area contributed by atoms with Crippen molar-refractivity contribution in [2.75, 3.05) is 9.80 Å². The lowest BCUT2D eigenvalue weighted by Crippen LogP contribution is -2.29. The molecule has 2 aliphatic rings. The van der Waals surface area contributed by atoms with Crippen LogP contribution < -0.4 is 14.5 Å². The van der Waals surface area contributed by atoms with Crippen LogP contribution in [0, 0.1) is 0 Å². The van der Waals surface area contributed by atoms with Gasteiger partial charge in [-0.05, 0) is 109 Å². The standard InChI is InChI=1S/C42H22N4O7/c47-39-29-19-9-23(37-43-33-5-1-3-7-35(33)52-37)21-31(29)41(49)45(39)25-11-15-27(16-12-25)51-28-17-13-26(14-18-28)46-40(48)30-20-10-24(22-32(30)42(46)50)38-44-34-6-2-4-8-36(34)53-38/h1-22H. The van der Waals surface area contributed by atoms with Crippen molar-refractivity contribution in [1.82, 2.24) is 9.97 Å². The second-order valence-corrected chi connectivity index (χ2v) is 12.5. The van der Waals surface area contributed by atoms with Gasteiger partial charge >= 0.3 is 0 Å². The number of anilines is 2. The number of nitrogens with zero attached hydrogens (tertiary/aromatic N) is 4. The fourth-order valence-electron chi connectivity index (χ4n) is 6.67. The zero-order valence-corrected chi connectivity index (χ0v) is 27.3. The van der Waals surface area contributed by atoms with E-state index in [0.29, 0.717) is 68.0 Å². The largest absolute Gasteiger partial charge is 0.457 e. The van der Waals surface area contributed by atoms with Crippen LogP contribution in [-0.4, -0.2) is 33.6 Å². The van der Waals surface area contributed by atoms with Crippen molar-refractivity contribution < 1.29 is 32.7 Å². The van der Waals surface area contributed by atoms with E-state index in [2.05, 4.69) is 9.97 Å². The Morgan fingerprint density at radius 3 is 1.25 bits per heavy atom. The quantitative estimate of drug-likeness (QED) is 0.157. The van der Waals surface area contributed by atoms with Gasteiger partial charge in [-0.3, -0.25) is 19.2 Å². The molecule has 0 bridgehead atoms. The van der Waals surface area contributed by atoms with Gasteiger partial charge in [-0.1, -0.05) is 24.3 Å². The number of hydrogen-bond acceptors (Lipinski definition) is 9. The van der Waals surface area contributed by atoms with Crippen LogP contribution in [0.2, 0.25) is 0 Å². The molecule has 0 saturated carbocycles. The average molecular weight is 695 g/mol. The Kier molecular flexibility index (Phi) is 6.51. The maximum absolute atomic E-state index is 13.5. The molecule has 2 aliphatic heterocycles. The van der Waals surface area contributed by atoms with Gasteiger partial charge in [0.1, 0.15) is 22.5 Å². The topological polar surface area (TPSA) is 136 Å². The van der Waals surface area contributed by atoms with Gasteiger partial charge in [0.25, 0.3) is 23.6 Å². The number of ether oxygens (including phenoxy) is 1. The molecule has 4 amide bonds. The molecule has 11 heteroatoms. The van der Waals surface area contributed by atoms with Crippen molar-refractivity contribution in [2.24, 2.45) is 0 Å². The van der Waals surface area contributed by atoms with E-state index in [9.17, 15) is 19.2 Å². The molecule has 0 atom stereocenters. The molecule has 0 radical (unpaired) electrons. The minimum atomic E-state index is -0.456. The molecule has 0 unspecified atom stereocenters. The van der Waals surface area contributed by atoms with E-state index in [1.165, 1.54) is 0 Å². The molecule has 53 heavy (non-hydrogen) atoms. The minimum absolute atomic E-state index is 0.261. The molecule has 2 aromatic heterocycles. The number of fused-ring (bicyclic) bond motifs is 4. The van der Waals surface area contributed by atoms with E-state index in [-0.39, 0.29) is 22.3 Å². The number of hydrogen-bond donors (Lipinski definition) is 0. The maximum Gasteiger partial charge on any atom is 0.266 e. The van der Waals surface area contributed by atoms with Gasteiger partial charge in [0, 0.05) is 11.1 Å². The third-order valence-corrected chi connectivity index (χ3v) is 9.28. The van der Waals surface area contributed by atoms with Crippen LogP contribution in [0.15, 0.2) is 142 Å². The first-order valence-corrected chi connectivity index (χ1v) is 16.6. The van der Waals surface area contributed by atoms with E-state index < -0.39 is 23.6 Å². The molecule has 0 saturated heterocycles. The summed E-state index contributed by atoms with van der Waals surface area (Å²) >= 11 is 0. The van der Waals surface area contributed by atoms with Crippen molar-refractivity contribution in [2.45, 2.75) is 0 Å². The predicted octanol–water partition coefficient (Wildman–Crippen LogP) is 8.70. The first kappa shape index (κ1) is 30.2. The average Bonchev–Trinajstić information content (AvgIpc) is 3.94. The van der Waals surface area contributed by atoms with E-state index in [1.807, 2.05) is 48.5 Å². The SMILES string of the molecule is O=C1c2ccc(-c3nc4ccccc4o3)cc2C(=O)N1c1ccc(Oc2ccc(N3C(=O)c4ccc(-c5nc6ccccc6o5)cc4C3=O)cc2)cc1. The maximum atomic E-state index is 13.5. The zero-order chi connectivity index (χ0) is 35.8. The number of oxazole rings is 2. The van der Waals surface area contributed by atoms with Crippen molar-refractivity contribution >= 4 is 57.2 Å². The minimum Gasteiger partial charge on any atom is -0.457 e. The highest BCUT2D eigenvalue weighted by atomic mass is 16.5. The molecule has 4 heterocycles. The summed E-state index contributed by atoms with van der Waals surface area (Å²) in [5.41, 5.74) is 5.68. The number of amides is 4. The van der Waals surface area contributed by atoms with Crippen molar-refractivity contribution in [3.63, 3.8) is 0 Å². The van der Waals surface area contributed by atoms with Crippen LogP contribution in [0.5, 0.6) is 11.5 Å². The van der Waals surface area contributed by atoms with Crippen LogP contribution >= 0.6 is 0 Å². The van der Waals surface area contributed by atoms with Crippen LogP contribution in [0.4, 0.5) is 11.4 Å². The van der Waals surface area contributed by atoms with E-state index in [0.717, 1.165) is 9.80 Å². The van der Waals surface area contributed by atoms with Gasteiger partial charge in [-0.15, -0.1) is 0 Å². The van der Waals surface area contributed by atoms with Gasteiger partial charge in [-0.2, -0.15) is 0 Å². The monoisotopic (exact) mass is 694 g/mol. The van der Waals surface area contributed by atoms with Gasteiger partial charge in [0.05, 0.1) is 33.6 Å². The highest BCUT2D eigenvalue weighted by Gasteiger charge is 2.38. The molecule has 8 aromatic rings. The number of para-hydroxylation sites is 4. The Bertz CT molecular complexity index is 2590. The lowest BCUT2D eigenvalue weighted by Gasteiger charge is -2.16. The summed E-state index contributed by atoms with van der Waals surface area (Å²) in [4.78, 5) is 64.9. The summed E-state index contributed by atoms with van der Waals surface area (Å²) in [7, 11) is 0. The van der Waals surface area contributed by atoms with Crippen LogP contribution in [0.3, 0.4) is 0 Å². The van der Waals surface area contributed by atoms with Gasteiger partial charge in [0.2, 0.25) is 11.8 Å². The third-order valence-electron chi connectivity index (χ3n) is 9.28. The zero-order valence-electron chi connectivity index (χ0n) is 27.3. The molecule has 0 fully saturated rings. The molecular formula is C42H22N4O7. The highest BCUT2D eigenvalue weighted by molar-refractivity contribution is 6.35. The second-order valence-electron chi connectivity index (χ2n) is 12.5. The summed E-state index contributed by atoms with van der Waals surface area (Å²) in [6, 6.07) is 37.7. The Morgan fingerprint density at radius 2 is 0.830 bits per heavy atom. The number of rotatable bonds is 6. The summed E-state index contributed by atoms with van der Waals surface area (Å²) < 4.78 is 17.7. The van der Waals surface area contributed by atoms with Gasteiger partial charge in [0.15, 0.2) is 11.2 Å². The van der Waals surface area contributed by atoms with Crippen LogP contribution in [-0.2, 0) is 0 Å². The van der Waals surface area contributed by atoms with Crippen molar-refractivity contribution in [1.29, 1.82) is 0 Å². The van der Waals surface area contributed by atoms with Crippen LogP contribution in [0.25, 0.3) is 45.1 Å². The second kappa shape index (κ2) is 11.4. The number of carbonyl (C=O) groups excluding carboxylic acids is 4. The smallest absolute Gasteiger partial charge is 0.266 e. The van der Waals surface area contributed by atoms with Crippen molar-refractivity contribution in [3.8, 4) is 34.4 Å². The summed E-state index contributed by atoms with van der Waals surface area (Å²) in [5, 5.41) is 0. The van der Waals surface area contributed by atoms with Gasteiger partial charge in [-0.25, -0.2) is 19.8 Å². The lowest BCUT2D eigenvalue weighted by atomic mass is 10.1. The first-order chi connectivity index (χ1) is 25.9. The normalized spacial score (nSPS) is 13.7. The number of benzene rings is 6. The van der Waals surface area contributed by atoms with E-state index in [4.69, 9.17) is 13.6 Å². The molecule has 0 spiro atoms. The summed E-state index contributed by atoms with van der Waals surface area (Å²) in [6.45, 7) is 0. The molecule has 11 nitrogen and oxygen atoms in total. The Hall–Kier alpha value is -7.66. The summed E-state index contributed by atoms with van der Waals surface area (Å²) in [6.07, 6.45) is 0. The first-order valence-electron chi connectivity index (χ1n) is 16.6. The van der Waals surface area contributed by atoms with E-state index in [1.54, 1.807) is 84.9 Å². The molecule has 252 valence electrons. The molecule has 6 aromatic carbocycles. The Labute approximate surface area is 299 Å². The number of aromatic nitrogens is 2. The highest BCUT2D eigenvalue weighted by Crippen LogP contribution is 2.36. The van der Waals surface area contributed by atoms with E-state index >= 15 is 0 Å². The predicted molar refractivity (Wildman–Crippen MR) is 194 cm³/mol. The molecular weight excluding hydrogens is 672 g/mol. The fraction of sp³-hybridized carbons (Fsp3) is 0. The summed E-state index contributed by atoms with van der Waals surface area (Å²) in [5.74, 6) is -0.170. The fourth-order valence-corrected chi connectivity index (χ4v) is 6.67. The van der Waals surface area contributed by atoms with Gasteiger partial charge < -0.3 is 13.6 Å². The Morgan fingerprint density at radius 1 is 0.434 bits per heavy atom. The van der Waals surface area contributed by atoms with Crippen LogP contribution in [0.1, 0.15) is 41.4 Å². The molecule has 10 rings (SSSR count). The molecule has 0 N–H and O–H groups in total. The number of imide groups is 2. The molecule has 0 aliphatic carbocycles.